The molecule has 4 aliphatic rings. The number of hydrogen-bond acceptors (Lipinski definition) is 7. The number of fused-ring (bicyclic) bond motifs is 3. The molecule has 11 nitrogen and oxygen atoms in total. The fourth-order valence-electron chi connectivity index (χ4n) is 6.95. The SMILES string of the molecule is CN=S(C)(=O)CC1CN(C(=O)[C@@H]2CC[C@@H]3C[C@@H]4C[C@@H]4C[C@H](NC(=O)c4cc5cc(C(F)(F)P(=O)(O)O)ccc5s4)C(=O)N32)C1. The maximum Gasteiger partial charge on any atom is 0.399 e. The van der Waals surface area contributed by atoms with Gasteiger partial charge in [0.1, 0.15) is 12.1 Å². The molecule has 4 fully saturated rings. The van der Waals surface area contributed by atoms with E-state index in [1.807, 2.05) is 0 Å². The second-order valence-corrected chi connectivity index (χ2v) is 18.0. The van der Waals surface area contributed by atoms with Crippen LogP contribution in [-0.2, 0) is 29.5 Å². The fourth-order valence-corrected chi connectivity index (χ4v) is 9.61. The molecule has 6 rings (SSSR count). The number of alkyl halides is 2. The molecule has 240 valence electrons. The van der Waals surface area contributed by atoms with Crippen molar-refractivity contribution >= 4 is 56.5 Å². The quantitative estimate of drug-likeness (QED) is 0.382. The first-order valence-electron chi connectivity index (χ1n) is 14.5. The van der Waals surface area contributed by atoms with Gasteiger partial charge in [-0.05, 0) is 67.5 Å². The number of nitrogens with zero attached hydrogens (tertiary/aromatic N) is 3. The van der Waals surface area contributed by atoms with Gasteiger partial charge in [-0.1, -0.05) is 6.07 Å². The van der Waals surface area contributed by atoms with E-state index in [9.17, 15) is 31.9 Å². The summed E-state index contributed by atoms with van der Waals surface area (Å²) in [5, 5.41) is 3.07. The zero-order chi connectivity index (χ0) is 31.8. The number of likely N-dealkylation sites (tertiary alicyclic amines) is 1. The van der Waals surface area contributed by atoms with Crippen LogP contribution in [0.15, 0.2) is 28.6 Å². The summed E-state index contributed by atoms with van der Waals surface area (Å²) in [7, 11) is -6.51. The number of thiophene rings is 1. The second kappa shape index (κ2) is 11.1. The minimum absolute atomic E-state index is 0.0880. The lowest BCUT2D eigenvalue weighted by Crippen LogP contribution is -2.60. The molecule has 1 unspecified atom stereocenters. The van der Waals surface area contributed by atoms with Crippen LogP contribution in [0.4, 0.5) is 8.78 Å². The summed E-state index contributed by atoms with van der Waals surface area (Å²) in [6, 6.07) is 2.97. The van der Waals surface area contributed by atoms with Crippen molar-refractivity contribution in [2.45, 2.75) is 55.9 Å². The van der Waals surface area contributed by atoms with E-state index >= 15 is 0 Å². The van der Waals surface area contributed by atoms with Crippen LogP contribution in [-0.4, -0.2) is 91.8 Å². The molecule has 6 atom stereocenters. The molecule has 4 heterocycles. The Balaban J connectivity index is 1.18. The molecule has 0 spiro atoms. The Kier molecular flexibility index (Phi) is 7.96. The molecule has 1 aliphatic carbocycles. The molecule has 1 aromatic carbocycles. The molecule has 3 saturated heterocycles. The third-order valence-corrected chi connectivity index (χ3v) is 13.4. The second-order valence-electron chi connectivity index (χ2n) is 12.6. The first-order valence-corrected chi connectivity index (χ1v) is 19.1. The van der Waals surface area contributed by atoms with E-state index in [4.69, 9.17) is 9.79 Å². The van der Waals surface area contributed by atoms with Crippen LogP contribution < -0.4 is 5.32 Å². The summed E-state index contributed by atoms with van der Waals surface area (Å²) in [6.45, 7) is 0.946. The largest absolute Gasteiger partial charge is 0.399 e. The highest BCUT2D eigenvalue weighted by molar-refractivity contribution is 7.92. The number of carbonyl (C=O) groups excluding carboxylic acids is 3. The Hall–Kier alpha value is -2.45. The maximum absolute atomic E-state index is 14.3. The van der Waals surface area contributed by atoms with Crippen molar-refractivity contribution in [3.63, 3.8) is 0 Å². The van der Waals surface area contributed by atoms with Gasteiger partial charge in [-0.15, -0.1) is 11.3 Å². The van der Waals surface area contributed by atoms with Gasteiger partial charge >= 0.3 is 13.3 Å². The highest BCUT2D eigenvalue weighted by Gasteiger charge is 2.53. The number of amides is 3. The van der Waals surface area contributed by atoms with Gasteiger partial charge in [-0.25, -0.2) is 4.36 Å². The van der Waals surface area contributed by atoms with Gasteiger partial charge in [0.05, 0.1) is 4.88 Å². The van der Waals surface area contributed by atoms with Crippen LogP contribution in [0.25, 0.3) is 10.1 Å². The van der Waals surface area contributed by atoms with E-state index in [0.29, 0.717) is 54.6 Å². The monoisotopic (exact) mass is 672 g/mol. The van der Waals surface area contributed by atoms with Gasteiger partial charge in [0, 0.05) is 64.1 Å². The van der Waals surface area contributed by atoms with E-state index in [1.54, 1.807) is 16.1 Å². The molecule has 3 N–H and O–H groups in total. The standard InChI is InChI=1S/C28H35F2N4O7PS2/c1-31-44(2,41)14-15-12-33(13-15)27(37)22-5-4-20-9-16-7-17(16)10-21(26(36)34(20)22)32-25(35)24-11-18-8-19(3-6-23(18)43-24)28(29,30)42(38,39)40/h3,6,8,11,15-17,20-22H,4-5,7,9-10,12-14H2,1-2H3,(H,32,35)(H2,38,39,40)/t16-,17+,20+,21-,22-,44?/m0/s1. The van der Waals surface area contributed by atoms with Crippen LogP contribution in [0.3, 0.4) is 0 Å². The highest BCUT2D eigenvalue weighted by atomic mass is 32.2. The van der Waals surface area contributed by atoms with Crippen molar-refractivity contribution in [1.29, 1.82) is 0 Å². The Bertz CT molecular complexity index is 1700. The van der Waals surface area contributed by atoms with E-state index in [1.165, 1.54) is 19.2 Å². The zero-order valence-corrected chi connectivity index (χ0v) is 26.8. The van der Waals surface area contributed by atoms with Gasteiger partial charge in [0.15, 0.2) is 0 Å². The van der Waals surface area contributed by atoms with Crippen LogP contribution in [0, 0.1) is 17.8 Å². The van der Waals surface area contributed by atoms with E-state index < -0.39 is 46.5 Å². The van der Waals surface area contributed by atoms with E-state index in [2.05, 4.69) is 9.68 Å². The smallest absolute Gasteiger partial charge is 0.340 e. The minimum Gasteiger partial charge on any atom is -0.340 e. The van der Waals surface area contributed by atoms with E-state index in [0.717, 1.165) is 36.3 Å². The van der Waals surface area contributed by atoms with Gasteiger partial charge in [-0.2, -0.15) is 8.78 Å². The average Bonchev–Trinajstić information content (AvgIpc) is 3.30. The Morgan fingerprint density at radius 3 is 2.55 bits per heavy atom. The molecule has 0 radical (unpaired) electrons. The number of rotatable bonds is 7. The Morgan fingerprint density at radius 2 is 1.86 bits per heavy atom. The Labute approximate surface area is 257 Å². The number of halogens is 2. The van der Waals surface area contributed by atoms with Crippen LogP contribution in [0.2, 0.25) is 0 Å². The van der Waals surface area contributed by atoms with Gasteiger partial charge in [0.2, 0.25) is 11.8 Å². The molecule has 3 amide bonds. The minimum atomic E-state index is -5.75. The number of benzene rings is 1. The summed E-state index contributed by atoms with van der Waals surface area (Å²) in [6.07, 6.45) is 5.09. The summed E-state index contributed by atoms with van der Waals surface area (Å²) < 4.78 is 56.7. The number of nitrogens with one attached hydrogen (secondary N) is 1. The number of carbonyl (C=O) groups is 3. The van der Waals surface area contributed by atoms with Gasteiger partial charge in [-0.3, -0.25) is 23.2 Å². The molecule has 1 saturated carbocycles. The van der Waals surface area contributed by atoms with Crippen LogP contribution >= 0.6 is 18.9 Å². The predicted octanol–water partition coefficient (Wildman–Crippen LogP) is 3.20. The molecule has 0 bridgehead atoms. The lowest BCUT2D eigenvalue weighted by atomic mass is 9.98. The average molecular weight is 673 g/mol. The summed E-state index contributed by atoms with van der Waals surface area (Å²) in [5.74, 6) is 0.257. The Morgan fingerprint density at radius 1 is 1.16 bits per heavy atom. The molecule has 1 aromatic heterocycles. The molecule has 2 aromatic rings. The third-order valence-electron chi connectivity index (χ3n) is 9.48. The van der Waals surface area contributed by atoms with E-state index in [-0.39, 0.29) is 34.0 Å². The van der Waals surface area contributed by atoms with Crippen LogP contribution in [0.1, 0.15) is 47.3 Å². The van der Waals surface area contributed by atoms with Crippen molar-refractivity contribution in [3.05, 3.63) is 34.7 Å². The first kappa shape index (κ1) is 31.5. The molecule has 16 heteroatoms. The maximum atomic E-state index is 14.3. The zero-order valence-electron chi connectivity index (χ0n) is 24.2. The molecular weight excluding hydrogens is 637 g/mol. The van der Waals surface area contributed by atoms with Gasteiger partial charge < -0.3 is 24.9 Å². The number of hydrogen-bond donors (Lipinski definition) is 3. The van der Waals surface area contributed by atoms with Crippen molar-refractivity contribution < 1.29 is 41.7 Å². The lowest BCUT2D eigenvalue weighted by Gasteiger charge is -2.43. The summed E-state index contributed by atoms with van der Waals surface area (Å²) in [5.41, 5.74) is -5.23. The van der Waals surface area contributed by atoms with Crippen molar-refractivity contribution in [3.8, 4) is 0 Å². The van der Waals surface area contributed by atoms with Crippen molar-refractivity contribution in [2.24, 2.45) is 22.1 Å². The molecule has 3 aliphatic heterocycles. The van der Waals surface area contributed by atoms with Crippen molar-refractivity contribution in [2.75, 3.05) is 32.1 Å². The molecule has 44 heavy (non-hydrogen) atoms. The summed E-state index contributed by atoms with van der Waals surface area (Å²) >= 11 is 1.02. The van der Waals surface area contributed by atoms with Crippen LogP contribution in [0.5, 0.6) is 0 Å². The van der Waals surface area contributed by atoms with Crippen molar-refractivity contribution in [1.82, 2.24) is 15.1 Å². The van der Waals surface area contributed by atoms with Gasteiger partial charge in [0.25, 0.3) is 5.91 Å². The topological polar surface area (TPSA) is 157 Å². The third kappa shape index (κ3) is 5.81. The normalized spacial score (nSPS) is 28.8. The fraction of sp³-hybridized carbons (Fsp3) is 0.607. The predicted molar refractivity (Wildman–Crippen MR) is 161 cm³/mol. The highest BCUT2D eigenvalue weighted by Crippen LogP contribution is 2.59. The molecular formula is C28H35F2N4O7PS2. The summed E-state index contributed by atoms with van der Waals surface area (Å²) in [4.78, 5) is 62.7. The first-order chi connectivity index (χ1) is 20.6. The lowest BCUT2D eigenvalue weighted by molar-refractivity contribution is -0.150.